The first-order valence-electron chi connectivity index (χ1n) is 5.11. The van der Waals surface area contributed by atoms with Crippen LogP contribution in [0, 0.1) is 0 Å². The van der Waals surface area contributed by atoms with Gasteiger partial charge in [0, 0.05) is 16.2 Å². The van der Waals surface area contributed by atoms with E-state index in [2.05, 4.69) is 13.8 Å². The Bertz CT molecular complexity index is 270. The quantitative estimate of drug-likeness (QED) is 0.629. The Kier molecular flexibility index (Phi) is 5.04. The molecule has 0 aromatic carbocycles. The van der Waals surface area contributed by atoms with Gasteiger partial charge in [0.2, 0.25) is 0 Å². The normalized spacial score (nSPS) is 31.1. The van der Waals surface area contributed by atoms with E-state index in [4.69, 9.17) is 16.3 Å². The zero-order valence-corrected chi connectivity index (χ0v) is 12.9. The van der Waals surface area contributed by atoms with E-state index < -0.39 is 6.49 Å². The minimum atomic E-state index is -2.61. The van der Waals surface area contributed by atoms with E-state index in [1.54, 1.807) is 10.8 Å². The van der Waals surface area contributed by atoms with Gasteiger partial charge in [0.05, 0.1) is 6.10 Å². The van der Waals surface area contributed by atoms with Crippen molar-refractivity contribution in [3.63, 3.8) is 0 Å². The highest BCUT2D eigenvalue weighted by atomic mass is 33.1. The third-order valence-corrected chi connectivity index (χ3v) is 9.37. The highest BCUT2D eigenvalue weighted by Crippen LogP contribution is 2.56. The second-order valence-electron chi connectivity index (χ2n) is 4.39. The molecule has 2 unspecified atom stereocenters. The van der Waals surface area contributed by atoms with Crippen LogP contribution in [0.1, 0.15) is 34.1 Å². The van der Waals surface area contributed by atoms with Crippen molar-refractivity contribution in [3.05, 3.63) is 0 Å². The van der Waals surface area contributed by atoms with Crippen LogP contribution < -0.4 is 0 Å². The summed E-state index contributed by atoms with van der Waals surface area (Å²) in [6, 6.07) is 0. The van der Waals surface area contributed by atoms with Crippen molar-refractivity contribution in [3.8, 4) is 0 Å². The molecule has 1 aliphatic heterocycles. The molecule has 1 aliphatic rings. The monoisotopic (exact) mass is 286 g/mol. The Hall–Kier alpha value is 1.27. The Morgan fingerprint density at radius 1 is 1.67 bits per heavy atom. The molecule has 1 N–H and O–H groups in total. The smallest absolute Gasteiger partial charge is 0.189 e. The topological polar surface area (TPSA) is 29.5 Å². The highest BCUT2D eigenvalue weighted by molar-refractivity contribution is 8.77. The molecule has 0 saturated carbocycles. The number of hydrogen-bond acceptors (Lipinski definition) is 4. The molecular weight excluding hydrogens is 267 g/mol. The predicted molar refractivity (Wildman–Crippen MR) is 75.3 cm³/mol. The van der Waals surface area contributed by atoms with Crippen LogP contribution in [0.5, 0.6) is 0 Å². The molecule has 0 spiro atoms. The maximum atomic E-state index is 10.2. The zero-order chi connectivity index (χ0) is 11.7. The highest BCUT2D eigenvalue weighted by Gasteiger charge is 2.40. The maximum absolute atomic E-state index is 10.2. The first-order chi connectivity index (χ1) is 6.79. The molecule has 0 aromatic heterocycles. The Morgan fingerprint density at radius 3 is 2.67 bits per heavy atom. The average molecular weight is 286 g/mol. The summed E-state index contributed by atoms with van der Waals surface area (Å²) in [5, 5.41) is 0. The van der Waals surface area contributed by atoms with Crippen LogP contribution in [0.4, 0.5) is 0 Å². The third-order valence-electron chi connectivity index (χ3n) is 2.69. The van der Waals surface area contributed by atoms with Crippen molar-refractivity contribution in [2.45, 2.75) is 50.6 Å². The van der Waals surface area contributed by atoms with E-state index >= 15 is 0 Å². The molecule has 2 nitrogen and oxygen atoms in total. The molecule has 15 heavy (non-hydrogen) atoms. The van der Waals surface area contributed by atoms with Crippen molar-refractivity contribution in [2.24, 2.45) is 0 Å². The summed E-state index contributed by atoms with van der Waals surface area (Å²) in [5.74, 6) is 0.924. The standard InChI is InChI=1S/C9H19O2PS3/c1-5-7(2)12(10,13)11-8-6-14-15-9(8,3)4/h7-8H,5-6H2,1-4H3,(H,10,13)/t7?,8-,12?/m0/s1. The summed E-state index contributed by atoms with van der Waals surface area (Å²) in [4.78, 5) is 10.2. The molecule has 90 valence electrons. The molecular formula is C9H19O2PS3. The summed E-state index contributed by atoms with van der Waals surface area (Å²) < 4.78 is 5.87. The van der Waals surface area contributed by atoms with Gasteiger partial charge < -0.3 is 9.42 Å². The van der Waals surface area contributed by atoms with E-state index in [-0.39, 0.29) is 16.5 Å². The van der Waals surface area contributed by atoms with Gasteiger partial charge in [-0.1, -0.05) is 35.4 Å². The van der Waals surface area contributed by atoms with Crippen LogP contribution in [0.3, 0.4) is 0 Å². The van der Waals surface area contributed by atoms with Gasteiger partial charge >= 0.3 is 0 Å². The molecule has 1 saturated heterocycles. The summed E-state index contributed by atoms with van der Waals surface area (Å²) in [6.45, 7) is 5.70. The molecule has 1 heterocycles. The largest absolute Gasteiger partial charge is 0.345 e. The zero-order valence-electron chi connectivity index (χ0n) is 9.60. The molecule has 6 heteroatoms. The van der Waals surface area contributed by atoms with E-state index in [0.29, 0.717) is 0 Å². The van der Waals surface area contributed by atoms with Gasteiger partial charge in [0.15, 0.2) is 6.49 Å². The Balaban J connectivity index is 2.65. The van der Waals surface area contributed by atoms with Crippen molar-refractivity contribution in [1.82, 2.24) is 0 Å². The summed E-state index contributed by atoms with van der Waals surface area (Å²) in [5.41, 5.74) is 0.0962. The first-order valence-corrected chi connectivity index (χ1v) is 10.2. The van der Waals surface area contributed by atoms with E-state index in [0.717, 1.165) is 12.2 Å². The fourth-order valence-corrected chi connectivity index (χ4v) is 6.61. The molecule has 1 fully saturated rings. The minimum absolute atomic E-state index is 0.0604. The van der Waals surface area contributed by atoms with Crippen LogP contribution in [0.2, 0.25) is 0 Å². The van der Waals surface area contributed by atoms with Gasteiger partial charge in [-0.05, 0) is 32.1 Å². The van der Waals surface area contributed by atoms with Gasteiger partial charge in [-0.25, -0.2) is 0 Å². The van der Waals surface area contributed by atoms with Crippen LogP contribution in [0.25, 0.3) is 0 Å². The van der Waals surface area contributed by atoms with E-state index in [1.807, 2.05) is 24.6 Å². The number of rotatable bonds is 4. The molecule has 0 radical (unpaired) electrons. The Labute approximate surface area is 106 Å². The fraction of sp³-hybridized carbons (Fsp3) is 1.00. The van der Waals surface area contributed by atoms with Gasteiger partial charge in [0.1, 0.15) is 0 Å². The van der Waals surface area contributed by atoms with Crippen LogP contribution in [0.15, 0.2) is 0 Å². The lowest BCUT2D eigenvalue weighted by atomic mass is 10.1. The van der Waals surface area contributed by atoms with Gasteiger partial charge in [-0.3, -0.25) is 0 Å². The predicted octanol–water partition coefficient (Wildman–Crippen LogP) is 3.65. The summed E-state index contributed by atoms with van der Waals surface area (Å²) >= 11 is 5.23. The van der Waals surface area contributed by atoms with E-state index in [9.17, 15) is 4.89 Å². The number of hydrogen-bond donors (Lipinski definition) is 1. The van der Waals surface area contributed by atoms with Crippen LogP contribution >= 0.6 is 28.1 Å². The van der Waals surface area contributed by atoms with Crippen molar-refractivity contribution < 1.29 is 9.42 Å². The van der Waals surface area contributed by atoms with Crippen LogP contribution in [-0.2, 0) is 16.3 Å². The molecule has 0 amide bonds. The maximum Gasteiger partial charge on any atom is 0.189 e. The van der Waals surface area contributed by atoms with E-state index in [1.165, 1.54) is 0 Å². The molecule has 1 rings (SSSR count). The molecule has 0 bridgehead atoms. The fourth-order valence-electron chi connectivity index (χ4n) is 1.18. The summed E-state index contributed by atoms with van der Waals surface area (Å²) in [6.07, 6.45) is 0.957. The van der Waals surface area contributed by atoms with Crippen molar-refractivity contribution in [2.75, 3.05) is 5.75 Å². The van der Waals surface area contributed by atoms with Crippen molar-refractivity contribution >= 4 is 39.9 Å². The minimum Gasteiger partial charge on any atom is -0.345 e. The average Bonchev–Trinajstić information content (AvgIpc) is 2.44. The third kappa shape index (κ3) is 3.62. The lowest BCUT2D eigenvalue weighted by Crippen LogP contribution is -2.32. The van der Waals surface area contributed by atoms with Gasteiger partial charge in [-0.15, -0.1) is 0 Å². The second kappa shape index (κ2) is 5.28. The molecule has 3 atom stereocenters. The lowest BCUT2D eigenvalue weighted by molar-refractivity contribution is 0.190. The molecule has 0 aromatic rings. The second-order valence-corrected chi connectivity index (χ2v) is 11.2. The SMILES string of the molecule is CCC(C)P(O)(=S)O[C@H]1CSSC1(C)C. The van der Waals surface area contributed by atoms with Gasteiger partial charge in [0.25, 0.3) is 0 Å². The van der Waals surface area contributed by atoms with Crippen LogP contribution in [-0.4, -0.2) is 27.2 Å². The molecule has 0 aliphatic carbocycles. The first kappa shape index (κ1) is 14.3. The van der Waals surface area contributed by atoms with Crippen molar-refractivity contribution in [1.29, 1.82) is 0 Å². The van der Waals surface area contributed by atoms with Gasteiger partial charge in [-0.2, -0.15) is 0 Å². The summed E-state index contributed by atoms with van der Waals surface area (Å²) in [7, 11) is 3.62. The lowest BCUT2D eigenvalue weighted by Gasteiger charge is -2.31. The Morgan fingerprint density at radius 2 is 2.27 bits per heavy atom.